The first-order chi connectivity index (χ1) is 7.63. The summed E-state index contributed by atoms with van der Waals surface area (Å²) in [4.78, 5) is 10.9. The fourth-order valence-corrected chi connectivity index (χ4v) is 1.40. The van der Waals surface area contributed by atoms with E-state index in [2.05, 4.69) is 5.43 Å². The van der Waals surface area contributed by atoms with Crippen LogP contribution in [0, 0.1) is 0 Å². The van der Waals surface area contributed by atoms with Crippen molar-refractivity contribution < 1.29 is 9.53 Å². The molecule has 5 heteroatoms. The van der Waals surface area contributed by atoms with Crippen molar-refractivity contribution in [2.24, 2.45) is 5.84 Å². The maximum Gasteiger partial charge on any atom is 0.234 e. The molecule has 16 heavy (non-hydrogen) atoms. The molecule has 1 rings (SSSR count). The van der Waals surface area contributed by atoms with Gasteiger partial charge in [0.1, 0.15) is 5.75 Å². The lowest BCUT2D eigenvalue weighted by molar-refractivity contribution is -0.121. The van der Waals surface area contributed by atoms with Gasteiger partial charge >= 0.3 is 0 Å². The number of para-hydroxylation sites is 1. The molecule has 88 valence electrons. The van der Waals surface area contributed by atoms with Gasteiger partial charge in [-0.15, -0.1) is 0 Å². The Kier molecular flexibility index (Phi) is 5.08. The molecule has 1 unspecified atom stereocenters. The Morgan fingerprint density at radius 3 is 2.88 bits per heavy atom. The van der Waals surface area contributed by atoms with Gasteiger partial charge in [0.25, 0.3) is 0 Å². The molecule has 0 spiro atoms. The largest absolute Gasteiger partial charge is 0.489 e. The van der Waals surface area contributed by atoms with Gasteiger partial charge in [-0.1, -0.05) is 23.7 Å². The van der Waals surface area contributed by atoms with Crippen LogP contribution in [0.1, 0.15) is 19.8 Å². The highest BCUT2D eigenvalue weighted by atomic mass is 35.5. The van der Waals surface area contributed by atoms with Crippen molar-refractivity contribution in [1.29, 1.82) is 0 Å². The van der Waals surface area contributed by atoms with Crippen molar-refractivity contribution in [2.75, 3.05) is 0 Å². The molecule has 0 heterocycles. The Balaban J connectivity index is 2.43. The van der Waals surface area contributed by atoms with Crippen molar-refractivity contribution >= 4 is 17.5 Å². The second-order valence-corrected chi connectivity index (χ2v) is 3.87. The van der Waals surface area contributed by atoms with Crippen LogP contribution in [-0.4, -0.2) is 12.0 Å². The number of hydrogen-bond acceptors (Lipinski definition) is 3. The number of ether oxygens (including phenoxy) is 1. The van der Waals surface area contributed by atoms with Crippen molar-refractivity contribution in [3.63, 3.8) is 0 Å². The lowest BCUT2D eigenvalue weighted by atomic mass is 10.2. The number of hydrogen-bond donors (Lipinski definition) is 2. The zero-order valence-electron chi connectivity index (χ0n) is 9.07. The molecule has 0 bridgehead atoms. The Morgan fingerprint density at radius 2 is 2.25 bits per heavy atom. The van der Waals surface area contributed by atoms with E-state index in [4.69, 9.17) is 22.2 Å². The quantitative estimate of drug-likeness (QED) is 0.471. The molecule has 0 fully saturated rings. The number of carbonyl (C=O) groups is 1. The maximum absolute atomic E-state index is 10.9. The van der Waals surface area contributed by atoms with E-state index in [9.17, 15) is 4.79 Å². The summed E-state index contributed by atoms with van der Waals surface area (Å²) in [5.74, 6) is 5.40. The van der Waals surface area contributed by atoms with Gasteiger partial charge in [-0.3, -0.25) is 10.2 Å². The van der Waals surface area contributed by atoms with Gasteiger partial charge in [0, 0.05) is 6.42 Å². The SMILES string of the molecule is CC(CCC(=O)NN)Oc1ccccc1Cl. The van der Waals surface area contributed by atoms with Crippen LogP contribution in [-0.2, 0) is 4.79 Å². The summed E-state index contributed by atoms with van der Waals surface area (Å²) in [6, 6.07) is 7.24. The molecule has 0 saturated heterocycles. The highest BCUT2D eigenvalue weighted by Crippen LogP contribution is 2.24. The molecule has 0 aliphatic rings. The van der Waals surface area contributed by atoms with Crippen molar-refractivity contribution in [3.8, 4) is 5.75 Å². The zero-order valence-corrected chi connectivity index (χ0v) is 9.83. The molecule has 0 aromatic heterocycles. The summed E-state index contributed by atoms with van der Waals surface area (Å²) in [6.07, 6.45) is 0.841. The van der Waals surface area contributed by atoms with E-state index in [1.165, 1.54) is 0 Å². The first-order valence-corrected chi connectivity index (χ1v) is 5.42. The fourth-order valence-electron chi connectivity index (χ4n) is 1.22. The van der Waals surface area contributed by atoms with Gasteiger partial charge in [-0.25, -0.2) is 5.84 Å². The van der Waals surface area contributed by atoms with E-state index < -0.39 is 0 Å². The van der Waals surface area contributed by atoms with Crippen LogP contribution in [0.2, 0.25) is 5.02 Å². The van der Waals surface area contributed by atoms with Crippen LogP contribution in [0.15, 0.2) is 24.3 Å². The first kappa shape index (κ1) is 12.8. The minimum absolute atomic E-state index is 0.0859. The summed E-state index contributed by atoms with van der Waals surface area (Å²) in [7, 11) is 0. The predicted octanol–water partition coefficient (Wildman–Crippen LogP) is 1.88. The molecule has 4 nitrogen and oxygen atoms in total. The Hall–Kier alpha value is -1.26. The minimum atomic E-state index is -0.199. The summed E-state index contributed by atoms with van der Waals surface area (Å²) < 4.78 is 5.59. The van der Waals surface area contributed by atoms with Gasteiger partial charge < -0.3 is 4.74 Å². The van der Waals surface area contributed by atoms with Gasteiger partial charge in [0.15, 0.2) is 0 Å². The summed E-state index contributed by atoms with van der Waals surface area (Å²) >= 11 is 5.93. The number of nitrogens with one attached hydrogen (secondary N) is 1. The molecular weight excluding hydrogens is 228 g/mol. The number of hydrazine groups is 1. The molecule has 1 atom stereocenters. The fraction of sp³-hybridized carbons (Fsp3) is 0.364. The highest BCUT2D eigenvalue weighted by Gasteiger charge is 2.08. The van der Waals surface area contributed by atoms with Crippen molar-refractivity contribution in [1.82, 2.24) is 5.43 Å². The van der Waals surface area contributed by atoms with Crippen molar-refractivity contribution in [3.05, 3.63) is 29.3 Å². The number of amides is 1. The van der Waals surface area contributed by atoms with E-state index in [1.54, 1.807) is 12.1 Å². The molecule has 1 aromatic rings. The number of benzene rings is 1. The second kappa shape index (κ2) is 6.35. The van der Waals surface area contributed by atoms with Crippen LogP contribution in [0.3, 0.4) is 0 Å². The Bertz CT molecular complexity index is 358. The maximum atomic E-state index is 10.9. The summed E-state index contributed by atoms with van der Waals surface area (Å²) in [6.45, 7) is 1.88. The lowest BCUT2D eigenvalue weighted by Gasteiger charge is -2.15. The molecule has 1 aromatic carbocycles. The van der Waals surface area contributed by atoms with Gasteiger partial charge in [0.05, 0.1) is 11.1 Å². The summed E-state index contributed by atoms with van der Waals surface area (Å²) in [5, 5.41) is 0.567. The monoisotopic (exact) mass is 242 g/mol. The number of rotatable bonds is 5. The number of nitrogens with two attached hydrogens (primary N) is 1. The molecular formula is C11H15ClN2O2. The Morgan fingerprint density at radius 1 is 1.56 bits per heavy atom. The topological polar surface area (TPSA) is 64.4 Å². The molecule has 0 saturated carbocycles. The van der Waals surface area contributed by atoms with Gasteiger partial charge in [-0.2, -0.15) is 0 Å². The smallest absolute Gasteiger partial charge is 0.234 e. The van der Waals surface area contributed by atoms with E-state index in [-0.39, 0.29) is 12.0 Å². The van der Waals surface area contributed by atoms with Crippen LogP contribution in [0.5, 0.6) is 5.75 Å². The van der Waals surface area contributed by atoms with E-state index in [0.717, 1.165) is 0 Å². The van der Waals surface area contributed by atoms with E-state index in [1.807, 2.05) is 19.1 Å². The van der Waals surface area contributed by atoms with Crippen molar-refractivity contribution in [2.45, 2.75) is 25.9 Å². The van der Waals surface area contributed by atoms with Gasteiger partial charge in [0.2, 0.25) is 5.91 Å². The predicted molar refractivity (Wildman–Crippen MR) is 63.1 cm³/mol. The third kappa shape index (κ3) is 4.08. The van der Waals surface area contributed by atoms with Crippen LogP contribution in [0.4, 0.5) is 0 Å². The van der Waals surface area contributed by atoms with Crippen LogP contribution >= 0.6 is 11.6 Å². The normalized spacial score (nSPS) is 11.9. The Labute approximate surface area is 99.7 Å². The molecule has 1 amide bonds. The van der Waals surface area contributed by atoms with E-state index in [0.29, 0.717) is 23.6 Å². The minimum Gasteiger partial charge on any atom is -0.489 e. The zero-order chi connectivity index (χ0) is 12.0. The van der Waals surface area contributed by atoms with Crippen LogP contribution < -0.4 is 16.0 Å². The third-order valence-corrected chi connectivity index (χ3v) is 2.42. The third-order valence-electron chi connectivity index (χ3n) is 2.10. The number of halogens is 1. The highest BCUT2D eigenvalue weighted by molar-refractivity contribution is 6.32. The standard InChI is InChI=1S/C11H15ClN2O2/c1-8(6-7-11(15)14-13)16-10-5-3-2-4-9(10)12/h2-5,8H,6-7,13H2,1H3,(H,14,15). The molecule has 0 aliphatic heterocycles. The molecule has 0 radical (unpaired) electrons. The average Bonchev–Trinajstić information content (AvgIpc) is 2.29. The van der Waals surface area contributed by atoms with Gasteiger partial charge in [-0.05, 0) is 25.5 Å². The lowest BCUT2D eigenvalue weighted by Crippen LogP contribution is -2.30. The second-order valence-electron chi connectivity index (χ2n) is 3.47. The average molecular weight is 243 g/mol. The molecule has 0 aliphatic carbocycles. The van der Waals surface area contributed by atoms with E-state index >= 15 is 0 Å². The van der Waals surface area contributed by atoms with Crippen LogP contribution in [0.25, 0.3) is 0 Å². The number of carbonyl (C=O) groups excluding carboxylic acids is 1. The first-order valence-electron chi connectivity index (χ1n) is 5.04. The summed E-state index contributed by atoms with van der Waals surface area (Å²) in [5.41, 5.74) is 2.08. The molecule has 3 N–H and O–H groups in total.